The highest BCUT2D eigenvalue weighted by molar-refractivity contribution is 5.99. The van der Waals surface area contributed by atoms with Crippen LogP contribution >= 0.6 is 0 Å². The van der Waals surface area contributed by atoms with E-state index in [1.807, 2.05) is 30.3 Å². The molecule has 1 fully saturated rings. The first-order valence-corrected chi connectivity index (χ1v) is 11.1. The molecule has 0 radical (unpaired) electrons. The summed E-state index contributed by atoms with van der Waals surface area (Å²) < 4.78 is 5.49. The van der Waals surface area contributed by atoms with Gasteiger partial charge in [-0.2, -0.15) is 4.98 Å². The lowest BCUT2D eigenvalue weighted by molar-refractivity contribution is -0.111. The number of benzene rings is 1. The van der Waals surface area contributed by atoms with Crippen molar-refractivity contribution < 1.29 is 9.53 Å². The molecule has 35 heavy (non-hydrogen) atoms. The van der Waals surface area contributed by atoms with Crippen LogP contribution in [0.4, 0.5) is 23.1 Å². The molecule has 10 heteroatoms. The number of carbonyl (C=O) groups excluding carboxylic acids is 1. The number of para-hydroxylation sites is 1. The Morgan fingerprint density at radius 1 is 1.17 bits per heavy atom. The molecular weight excluding hydrogens is 444 g/mol. The van der Waals surface area contributed by atoms with Crippen molar-refractivity contribution in [1.29, 1.82) is 0 Å². The van der Waals surface area contributed by atoms with Gasteiger partial charge in [-0.05, 0) is 30.3 Å². The largest absolute Gasteiger partial charge is 0.479 e. The molecule has 0 saturated carbocycles. The molecule has 1 saturated heterocycles. The van der Waals surface area contributed by atoms with Crippen LogP contribution in [-0.4, -0.2) is 52.1 Å². The van der Waals surface area contributed by atoms with E-state index in [9.17, 15) is 4.79 Å². The molecule has 0 spiro atoms. The van der Waals surface area contributed by atoms with Crippen molar-refractivity contribution in [2.45, 2.75) is 6.04 Å². The van der Waals surface area contributed by atoms with Crippen LogP contribution in [0.15, 0.2) is 67.5 Å². The summed E-state index contributed by atoms with van der Waals surface area (Å²) in [6, 6.07) is 13.4. The highest BCUT2D eigenvalue weighted by Gasteiger charge is 2.18. The lowest BCUT2D eigenvalue weighted by Gasteiger charge is -2.28. The first-order chi connectivity index (χ1) is 17.1. The average molecular weight is 469 g/mol. The van der Waals surface area contributed by atoms with Crippen LogP contribution in [0.5, 0.6) is 5.88 Å². The molecule has 0 atom stereocenters. The smallest absolute Gasteiger partial charge is 0.247 e. The summed E-state index contributed by atoms with van der Waals surface area (Å²) in [6.45, 7) is 5.31. The number of hydrogen-bond donors (Lipinski definition) is 4. The van der Waals surface area contributed by atoms with E-state index in [2.05, 4.69) is 42.8 Å². The molecule has 1 aromatic carbocycles. The lowest BCUT2D eigenvalue weighted by Crippen LogP contribution is -2.51. The summed E-state index contributed by atoms with van der Waals surface area (Å²) in [4.78, 5) is 29.9. The van der Waals surface area contributed by atoms with Gasteiger partial charge >= 0.3 is 0 Å². The molecule has 3 aromatic heterocycles. The fourth-order valence-electron chi connectivity index (χ4n) is 3.66. The topological polar surface area (TPSA) is 126 Å². The van der Waals surface area contributed by atoms with E-state index in [-0.39, 0.29) is 5.91 Å². The van der Waals surface area contributed by atoms with Gasteiger partial charge in [-0.1, -0.05) is 24.8 Å². The number of anilines is 4. The summed E-state index contributed by atoms with van der Waals surface area (Å²) in [5.41, 5.74) is 3.46. The number of nitrogens with one attached hydrogen (secondary N) is 4. The van der Waals surface area contributed by atoms with Crippen LogP contribution in [0.2, 0.25) is 0 Å². The van der Waals surface area contributed by atoms with Gasteiger partial charge in [0.15, 0.2) is 0 Å². The van der Waals surface area contributed by atoms with Crippen molar-refractivity contribution in [3.05, 3.63) is 67.5 Å². The van der Waals surface area contributed by atoms with Crippen molar-refractivity contribution in [2.24, 2.45) is 0 Å². The van der Waals surface area contributed by atoms with Gasteiger partial charge in [0.05, 0.1) is 24.4 Å². The summed E-state index contributed by atoms with van der Waals surface area (Å²) in [5.74, 6) is 1.29. The number of pyridine rings is 2. The Hall–Kier alpha value is -4.57. The molecule has 5 rings (SSSR count). The van der Waals surface area contributed by atoms with Crippen LogP contribution in [0, 0.1) is 0 Å². The second kappa shape index (κ2) is 9.74. The maximum Gasteiger partial charge on any atom is 0.247 e. The third-order valence-electron chi connectivity index (χ3n) is 5.53. The number of rotatable bonds is 8. The average Bonchev–Trinajstić information content (AvgIpc) is 2.86. The number of methoxy groups -OCH3 is 1. The first-order valence-electron chi connectivity index (χ1n) is 11.1. The number of nitrogens with zero attached hydrogens (tertiary/aromatic N) is 4. The van der Waals surface area contributed by atoms with E-state index in [0.29, 0.717) is 40.5 Å². The van der Waals surface area contributed by atoms with E-state index >= 15 is 0 Å². The van der Waals surface area contributed by atoms with E-state index < -0.39 is 0 Å². The summed E-state index contributed by atoms with van der Waals surface area (Å²) in [6.07, 6.45) is 4.61. The van der Waals surface area contributed by atoms with Gasteiger partial charge in [0, 0.05) is 42.1 Å². The number of hydrogen-bond acceptors (Lipinski definition) is 9. The van der Waals surface area contributed by atoms with Gasteiger partial charge in [0.1, 0.15) is 11.5 Å². The van der Waals surface area contributed by atoms with Crippen molar-refractivity contribution in [3.63, 3.8) is 0 Å². The Labute approximate surface area is 201 Å². The van der Waals surface area contributed by atoms with E-state index in [1.165, 1.54) is 6.08 Å². The molecule has 176 valence electrons. The van der Waals surface area contributed by atoms with E-state index in [4.69, 9.17) is 9.72 Å². The zero-order valence-corrected chi connectivity index (χ0v) is 19.1. The Morgan fingerprint density at radius 2 is 2.06 bits per heavy atom. The Balaban J connectivity index is 1.45. The van der Waals surface area contributed by atoms with Crippen LogP contribution in [0.3, 0.4) is 0 Å². The second-order valence-electron chi connectivity index (χ2n) is 7.94. The molecule has 1 aliphatic rings. The first kappa shape index (κ1) is 22.2. The normalized spacial score (nSPS) is 13.1. The number of amides is 1. The van der Waals surface area contributed by atoms with E-state index in [0.717, 1.165) is 29.9 Å². The van der Waals surface area contributed by atoms with Crippen LogP contribution in [-0.2, 0) is 4.79 Å². The molecule has 4 heterocycles. The number of carbonyl (C=O) groups is 1. The Morgan fingerprint density at radius 3 is 2.83 bits per heavy atom. The molecule has 1 aliphatic heterocycles. The van der Waals surface area contributed by atoms with E-state index in [1.54, 1.807) is 31.6 Å². The van der Waals surface area contributed by atoms with Crippen molar-refractivity contribution in [2.75, 3.05) is 36.1 Å². The maximum atomic E-state index is 11.7. The fraction of sp³-hybridized carbons (Fsp3) is 0.160. The van der Waals surface area contributed by atoms with Gasteiger partial charge in [-0.3, -0.25) is 9.78 Å². The monoisotopic (exact) mass is 468 g/mol. The van der Waals surface area contributed by atoms with Crippen molar-refractivity contribution in [1.82, 2.24) is 25.3 Å². The third-order valence-corrected chi connectivity index (χ3v) is 5.53. The highest BCUT2D eigenvalue weighted by Crippen LogP contribution is 2.30. The SMILES string of the molecule is C=CC(=O)Nc1ccnc(-c2cccc3cnc(Nc4ccc(NC5CNC5)nc4OC)nc23)c1. The molecule has 0 bridgehead atoms. The highest BCUT2D eigenvalue weighted by atomic mass is 16.5. The minimum absolute atomic E-state index is 0.290. The summed E-state index contributed by atoms with van der Waals surface area (Å²) >= 11 is 0. The zero-order valence-electron chi connectivity index (χ0n) is 19.1. The molecule has 4 N–H and O–H groups in total. The molecule has 0 aliphatic carbocycles. The molecule has 10 nitrogen and oxygen atoms in total. The number of aromatic nitrogens is 4. The van der Waals surface area contributed by atoms with Crippen LogP contribution in [0.1, 0.15) is 0 Å². The zero-order chi connectivity index (χ0) is 24.2. The van der Waals surface area contributed by atoms with Crippen LogP contribution in [0.25, 0.3) is 22.2 Å². The minimum Gasteiger partial charge on any atom is -0.479 e. The van der Waals surface area contributed by atoms with Gasteiger partial charge in [-0.15, -0.1) is 0 Å². The van der Waals surface area contributed by atoms with Crippen molar-refractivity contribution >= 4 is 40.0 Å². The Kier molecular flexibility index (Phi) is 6.18. The van der Waals surface area contributed by atoms with Crippen molar-refractivity contribution in [3.8, 4) is 17.1 Å². The fourth-order valence-corrected chi connectivity index (χ4v) is 3.66. The summed E-state index contributed by atoms with van der Waals surface area (Å²) in [5, 5.41) is 13.4. The predicted octanol–water partition coefficient (Wildman–Crippen LogP) is 3.35. The third kappa shape index (κ3) is 4.87. The number of ether oxygens (including phenoxy) is 1. The predicted molar refractivity (Wildman–Crippen MR) is 136 cm³/mol. The quantitative estimate of drug-likeness (QED) is 0.288. The van der Waals surface area contributed by atoms with Gasteiger partial charge in [0.2, 0.25) is 17.7 Å². The molecule has 0 unspecified atom stereocenters. The molecule has 1 amide bonds. The molecule has 4 aromatic rings. The number of fused-ring (bicyclic) bond motifs is 1. The van der Waals surface area contributed by atoms with Crippen LogP contribution < -0.4 is 26.0 Å². The van der Waals surface area contributed by atoms with Gasteiger partial charge < -0.3 is 26.0 Å². The van der Waals surface area contributed by atoms with Gasteiger partial charge in [0.25, 0.3) is 0 Å². The minimum atomic E-state index is -0.290. The Bertz CT molecular complexity index is 1400. The second-order valence-corrected chi connectivity index (χ2v) is 7.94. The van der Waals surface area contributed by atoms with Gasteiger partial charge in [-0.25, -0.2) is 9.97 Å². The standard InChI is InChI=1S/C25H24N8O2/c1-3-22(34)30-16-9-10-27-20(11-16)18-6-4-5-15-12-28-25(33-23(15)18)31-19-7-8-21(32-24(19)35-2)29-17-13-26-14-17/h3-12,17,26H,1,13-14H2,2H3,(H,29,32)(H,27,30,34)(H,28,31,33). The maximum absolute atomic E-state index is 11.7. The molecular formula is C25H24N8O2. The summed E-state index contributed by atoms with van der Waals surface area (Å²) in [7, 11) is 1.57. The lowest BCUT2D eigenvalue weighted by atomic mass is 10.1.